The lowest BCUT2D eigenvalue weighted by Crippen LogP contribution is -2.32. The molecule has 0 saturated carbocycles. The largest absolute Gasteiger partial charge is 0.493 e. The fourth-order valence-electron chi connectivity index (χ4n) is 3.13. The van der Waals surface area contributed by atoms with Crippen LogP contribution in [0.4, 0.5) is 0 Å². The van der Waals surface area contributed by atoms with E-state index in [-0.39, 0.29) is 11.4 Å². The van der Waals surface area contributed by atoms with Crippen molar-refractivity contribution in [2.45, 2.75) is 17.1 Å². The SMILES string of the molecule is COc1ccc(C(=O)NCC(c2cccnc2)S(=O)(=O)c2ccc(C)cc2)cc1OC. The summed E-state index contributed by atoms with van der Waals surface area (Å²) in [6.07, 6.45) is 3.07. The number of aryl methyl sites for hydroxylation is 1. The van der Waals surface area contributed by atoms with Crippen LogP contribution in [0.3, 0.4) is 0 Å². The number of hydrogen-bond acceptors (Lipinski definition) is 6. The van der Waals surface area contributed by atoms with Crippen molar-refractivity contribution in [2.24, 2.45) is 0 Å². The zero-order chi connectivity index (χ0) is 22.4. The number of aromatic nitrogens is 1. The van der Waals surface area contributed by atoms with E-state index in [2.05, 4.69) is 10.3 Å². The van der Waals surface area contributed by atoms with Gasteiger partial charge in [-0.2, -0.15) is 0 Å². The lowest BCUT2D eigenvalue weighted by Gasteiger charge is -2.19. The summed E-state index contributed by atoms with van der Waals surface area (Å²) in [6, 6.07) is 14.7. The number of hydrogen-bond donors (Lipinski definition) is 1. The third-order valence-corrected chi connectivity index (χ3v) is 6.99. The maximum Gasteiger partial charge on any atom is 0.251 e. The van der Waals surface area contributed by atoms with Crippen LogP contribution in [0, 0.1) is 6.92 Å². The predicted molar refractivity (Wildman–Crippen MR) is 117 cm³/mol. The summed E-state index contributed by atoms with van der Waals surface area (Å²) in [4.78, 5) is 17.0. The van der Waals surface area contributed by atoms with Gasteiger partial charge >= 0.3 is 0 Å². The number of ether oxygens (including phenoxy) is 2. The zero-order valence-electron chi connectivity index (χ0n) is 17.5. The Labute approximate surface area is 182 Å². The molecule has 8 heteroatoms. The molecule has 1 aromatic heterocycles. The molecule has 0 aliphatic carbocycles. The number of nitrogens with one attached hydrogen (secondary N) is 1. The Balaban J connectivity index is 1.88. The summed E-state index contributed by atoms with van der Waals surface area (Å²) < 4.78 is 37.1. The number of amides is 1. The molecule has 2 aromatic carbocycles. The Morgan fingerprint density at radius 1 is 1.03 bits per heavy atom. The Hall–Kier alpha value is -3.39. The van der Waals surface area contributed by atoms with E-state index in [0.717, 1.165) is 5.56 Å². The second kappa shape index (κ2) is 9.61. The first kappa shape index (κ1) is 22.3. The van der Waals surface area contributed by atoms with Crippen molar-refractivity contribution in [1.82, 2.24) is 10.3 Å². The fraction of sp³-hybridized carbons (Fsp3) is 0.217. The van der Waals surface area contributed by atoms with Crippen molar-refractivity contribution in [3.63, 3.8) is 0 Å². The molecule has 31 heavy (non-hydrogen) atoms. The third kappa shape index (κ3) is 5.03. The van der Waals surface area contributed by atoms with Crippen LogP contribution in [0.2, 0.25) is 0 Å². The molecule has 0 radical (unpaired) electrons. The first-order chi connectivity index (χ1) is 14.9. The number of rotatable bonds is 8. The van der Waals surface area contributed by atoms with Gasteiger partial charge in [0.2, 0.25) is 0 Å². The minimum Gasteiger partial charge on any atom is -0.493 e. The van der Waals surface area contributed by atoms with E-state index < -0.39 is 21.0 Å². The lowest BCUT2D eigenvalue weighted by atomic mass is 10.1. The van der Waals surface area contributed by atoms with Crippen LogP contribution in [0.1, 0.15) is 26.7 Å². The molecule has 1 heterocycles. The molecule has 3 aromatic rings. The minimum atomic E-state index is -3.77. The second-order valence-corrected chi connectivity index (χ2v) is 9.04. The molecule has 0 aliphatic rings. The normalized spacial score (nSPS) is 12.1. The van der Waals surface area contributed by atoms with Crippen LogP contribution in [0.5, 0.6) is 11.5 Å². The van der Waals surface area contributed by atoms with Gasteiger partial charge in [0.05, 0.1) is 19.1 Å². The van der Waals surface area contributed by atoms with Crippen LogP contribution in [-0.2, 0) is 9.84 Å². The molecule has 162 valence electrons. The van der Waals surface area contributed by atoms with Gasteiger partial charge in [0, 0.05) is 24.5 Å². The second-order valence-electron chi connectivity index (χ2n) is 6.91. The van der Waals surface area contributed by atoms with Crippen LogP contribution in [-0.4, -0.2) is 40.1 Å². The first-order valence-electron chi connectivity index (χ1n) is 9.57. The van der Waals surface area contributed by atoms with Crippen molar-refractivity contribution >= 4 is 15.7 Å². The molecule has 3 rings (SSSR count). The van der Waals surface area contributed by atoms with Crippen molar-refractivity contribution in [3.05, 3.63) is 83.7 Å². The number of sulfone groups is 1. The van der Waals surface area contributed by atoms with E-state index in [1.807, 2.05) is 6.92 Å². The van der Waals surface area contributed by atoms with Gasteiger partial charge in [-0.1, -0.05) is 23.8 Å². The van der Waals surface area contributed by atoms with Crippen molar-refractivity contribution in [2.75, 3.05) is 20.8 Å². The molecular formula is C23H24N2O5S. The molecule has 1 atom stereocenters. The topological polar surface area (TPSA) is 94.6 Å². The van der Waals surface area contributed by atoms with Gasteiger partial charge in [-0.05, 0) is 48.9 Å². The summed E-state index contributed by atoms with van der Waals surface area (Å²) in [5.41, 5.74) is 1.78. The van der Waals surface area contributed by atoms with Crippen LogP contribution >= 0.6 is 0 Å². The summed E-state index contributed by atoms with van der Waals surface area (Å²) in [5, 5.41) is 1.74. The van der Waals surface area contributed by atoms with E-state index in [0.29, 0.717) is 22.6 Å². The molecule has 0 spiro atoms. The van der Waals surface area contributed by atoms with Gasteiger partial charge in [-0.3, -0.25) is 9.78 Å². The number of nitrogens with zero attached hydrogens (tertiary/aromatic N) is 1. The molecule has 1 N–H and O–H groups in total. The Kier molecular flexibility index (Phi) is 6.91. The van der Waals surface area contributed by atoms with Crippen molar-refractivity contribution in [3.8, 4) is 11.5 Å². The van der Waals surface area contributed by atoms with Crippen molar-refractivity contribution < 1.29 is 22.7 Å². The minimum absolute atomic E-state index is 0.116. The smallest absolute Gasteiger partial charge is 0.251 e. The van der Waals surface area contributed by atoms with Gasteiger partial charge in [0.1, 0.15) is 5.25 Å². The van der Waals surface area contributed by atoms with Gasteiger partial charge in [-0.25, -0.2) is 8.42 Å². The Morgan fingerprint density at radius 2 is 1.74 bits per heavy atom. The number of methoxy groups -OCH3 is 2. The average Bonchev–Trinajstić information content (AvgIpc) is 2.79. The first-order valence-corrected chi connectivity index (χ1v) is 11.1. The van der Waals surface area contributed by atoms with Gasteiger partial charge in [0.15, 0.2) is 21.3 Å². The highest BCUT2D eigenvalue weighted by atomic mass is 32.2. The molecule has 7 nitrogen and oxygen atoms in total. The third-order valence-electron chi connectivity index (χ3n) is 4.87. The predicted octanol–water partition coefficient (Wildman–Crippen LogP) is 3.35. The molecule has 0 aliphatic heterocycles. The average molecular weight is 441 g/mol. The standard InChI is InChI=1S/C23H24N2O5S/c1-16-6-9-19(10-7-16)31(27,28)22(18-5-4-12-24-14-18)15-25-23(26)17-8-11-20(29-2)21(13-17)30-3/h4-14,22H,15H2,1-3H3,(H,25,26). The molecule has 1 unspecified atom stereocenters. The number of benzene rings is 2. The molecule has 1 amide bonds. The summed E-state index contributed by atoms with van der Waals surface area (Å²) in [7, 11) is -0.787. The highest BCUT2D eigenvalue weighted by Crippen LogP contribution is 2.29. The highest BCUT2D eigenvalue weighted by Gasteiger charge is 2.30. The van der Waals surface area contributed by atoms with E-state index in [9.17, 15) is 13.2 Å². The molecule has 0 bridgehead atoms. The monoisotopic (exact) mass is 440 g/mol. The van der Waals surface area contributed by atoms with Gasteiger partial charge < -0.3 is 14.8 Å². The summed E-state index contributed by atoms with van der Waals surface area (Å²) in [6.45, 7) is 1.77. The van der Waals surface area contributed by atoms with Crippen molar-refractivity contribution in [1.29, 1.82) is 0 Å². The quantitative estimate of drug-likeness (QED) is 0.577. The molecule has 0 fully saturated rings. The van der Waals surface area contributed by atoms with E-state index >= 15 is 0 Å². The molecule has 0 saturated heterocycles. The maximum atomic E-state index is 13.4. The summed E-state index contributed by atoms with van der Waals surface area (Å²) >= 11 is 0. The number of carbonyl (C=O) groups excluding carboxylic acids is 1. The van der Waals surface area contributed by atoms with E-state index in [1.54, 1.807) is 60.8 Å². The van der Waals surface area contributed by atoms with Gasteiger partial charge in [-0.15, -0.1) is 0 Å². The van der Waals surface area contributed by atoms with Crippen LogP contribution in [0.25, 0.3) is 0 Å². The van der Waals surface area contributed by atoms with Crippen LogP contribution < -0.4 is 14.8 Å². The highest BCUT2D eigenvalue weighted by molar-refractivity contribution is 7.91. The number of pyridine rings is 1. The fourth-order valence-corrected chi connectivity index (χ4v) is 4.77. The Bertz CT molecular complexity index is 1150. The summed E-state index contributed by atoms with van der Waals surface area (Å²) in [5.74, 6) is 0.481. The van der Waals surface area contributed by atoms with E-state index in [1.165, 1.54) is 20.4 Å². The van der Waals surface area contributed by atoms with Crippen LogP contribution in [0.15, 0.2) is 71.9 Å². The van der Waals surface area contributed by atoms with E-state index in [4.69, 9.17) is 9.47 Å². The zero-order valence-corrected chi connectivity index (χ0v) is 18.3. The number of carbonyl (C=O) groups is 1. The Morgan fingerprint density at radius 3 is 2.35 bits per heavy atom. The van der Waals surface area contributed by atoms with Gasteiger partial charge in [0.25, 0.3) is 5.91 Å². The maximum absolute atomic E-state index is 13.4. The lowest BCUT2D eigenvalue weighted by molar-refractivity contribution is 0.0953. The molecular weight excluding hydrogens is 416 g/mol.